The minimum Gasteiger partial charge on any atom is -0.374 e. The van der Waals surface area contributed by atoms with Gasteiger partial charge in [0.15, 0.2) is 0 Å². The molecule has 0 atom stereocenters. The monoisotopic (exact) mass is 258 g/mol. The number of ether oxygens (including phenoxy) is 1. The lowest BCUT2D eigenvalue weighted by atomic mass is 10.0. The molecule has 4 heteroatoms. The van der Waals surface area contributed by atoms with Gasteiger partial charge in [0.2, 0.25) is 0 Å². The summed E-state index contributed by atoms with van der Waals surface area (Å²) in [6.45, 7) is 6.91. The van der Waals surface area contributed by atoms with Gasteiger partial charge in [-0.2, -0.15) is 0 Å². The van der Waals surface area contributed by atoms with Gasteiger partial charge in [0.25, 0.3) is 5.56 Å². The fraction of sp³-hybridized carbons (Fsp3) is 0.333. The molecule has 0 spiro atoms. The van der Waals surface area contributed by atoms with Gasteiger partial charge in [0.05, 0.1) is 5.69 Å². The molecule has 1 aromatic heterocycles. The first kappa shape index (κ1) is 13.5. The Bertz CT molecular complexity index is 632. The van der Waals surface area contributed by atoms with Crippen molar-refractivity contribution >= 4 is 0 Å². The van der Waals surface area contributed by atoms with E-state index in [4.69, 9.17) is 4.74 Å². The molecule has 1 heterocycles. The number of rotatable bonds is 4. The van der Waals surface area contributed by atoms with E-state index in [0.717, 1.165) is 11.1 Å². The normalized spacial score (nSPS) is 10.7. The van der Waals surface area contributed by atoms with E-state index < -0.39 is 0 Å². The van der Waals surface area contributed by atoms with Crippen molar-refractivity contribution < 1.29 is 4.74 Å². The fourth-order valence-corrected chi connectivity index (χ4v) is 1.94. The summed E-state index contributed by atoms with van der Waals surface area (Å²) in [6.07, 6.45) is 0. The van der Waals surface area contributed by atoms with Crippen molar-refractivity contribution in [3.8, 4) is 11.3 Å². The van der Waals surface area contributed by atoms with Crippen LogP contribution in [0.3, 0.4) is 0 Å². The lowest BCUT2D eigenvalue weighted by molar-refractivity contribution is 0.128. The number of nitrogens with zero attached hydrogens (tertiary/aromatic N) is 1. The highest BCUT2D eigenvalue weighted by atomic mass is 16.5. The summed E-state index contributed by atoms with van der Waals surface area (Å²) >= 11 is 0. The molecule has 4 nitrogen and oxygen atoms in total. The van der Waals surface area contributed by atoms with Gasteiger partial charge in [-0.05, 0) is 31.9 Å². The van der Waals surface area contributed by atoms with Crippen LogP contribution in [0.1, 0.15) is 23.9 Å². The van der Waals surface area contributed by atoms with E-state index in [9.17, 15) is 4.79 Å². The number of hydrogen-bond acceptors (Lipinski definition) is 3. The number of aryl methyl sites for hydroxylation is 1. The van der Waals surface area contributed by atoms with E-state index in [0.29, 0.717) is 24.7 Å². The van der Waals surface area contributed by atoms with Crippen LogP contribution >= 0.6 is 0 Å². The molecule has 0 saturated carbocycles. The van der Waals surface area contributed by atoms with Crippen molar-refractivity contribution in [1.29, 1.82) is 0 Å². The molecule has 0 unspecified atom stereocenters. The maximum Gasteiger partial charge on any atom is 0.251 e. The van der Waals surface area contributed by atoms with Crippen molar-refractivity contribution in [2.75, 3.05) is 6.61 Å². The first-order valence-corrected chi connectivity index (χ1v) is 6.36. The summed E-state index contributed by atoms with van der Waals surface area (Å²) in [5.74, 6) is 0.560. The molecule has 0 aliphatic carbocycles. The van der Waals surface area contributed by atoms with Gasteiger partial charge in [-0.25, -0.2) is 4.98 Å². The third-order valence-corrected chi connectivity index (χ3v) is 3.11. The SMILES string of the molecule is CCOCc1nc(-c2cccc(C)c2C)cc(=O)[nH]1. The zero-order valence-corrected chi connectivity index (χ0v) is 11.5. The molecule has 1 N–H and O–H groups in total. The molecule has 0 fully saturated rings. The van der Waals surface area contributed by atoms with Crippen LogP contribution in [-0.2, 0) is 11.3 Å². The molecule has 0 bridgehead atoms. The van der Waals surface area contributed by atoms with E-state index in [1.54, 1.807) is 0 Å². The lowest BCUT2D eigenvalue weighted by Gasteiger charge is -2.09. The first-order chi connectivity index (χ1) is 9.11. The van der Waals surface area contributed by atoms with Gasteiger partial charge in [0.1, 0.15) is 12.4 Å². The average molecular weight is 258 g/mol. The number of benzene rings is 1. The first-order valence-electron chi connectivity index (χ1n) is 6.36. The van der Waals surface area contributed by atoms with Crippen molar-refractivity contribution in [2.24, 2.45) is 0 Å². The van der Waals surface area contributed by atoms with Gasteiger partial charge >= 0.3 is 0 Å². The molecule has 0 radical (unpaired) electrons. The van der Waals surface area contributed by atoms with E-state index in [2.05, 4.69) is 9.97 Å². The third kappa shape index (κ3) is 3.09. The summed E-state index contributed by atoms with van der Waals surface area (Å²) in [4.78, 5) is 18.9. The van der Waals surface area contributed by atoms with Crippen LogP contribution < -0.4 is 5.56 Å². The van der Waals surface area contributed by atoms with Crippen molar-refractivity contribution in [1.82, 2.24) is 9.97 Å². The predicted molar refractivity (Wildman–Crippen MR) is 75.1 cm³/mol. The van der Waals surface area contributed by atoms with E-state index in [1.807, 2.05) is 39.0 Å². The Morgan fingerprint density at radius 2 is 2.11 bits per heavy atom. The smallest absolute Gasteiger partial charge is 0.251 e. The summed E-state index contributed by atoms with van der Waals surface area (Å²) in [6, 6.07) is 7.53. The highest BCUT2D eigenvalue weighted by Crippen LogP contribution is 2.22. The lowest BCUT2D eigenvalue weighted by Crippen LogP contribution is -2.12. The second-order valence-electron chi connectivity index (χ2n) is 4.46. The van der Waals surface area contributed by atoms with E-state index >= 15 is 0 Å². The van der Waals surface area contributed by atoms with E-state index in [1.165, 1.54) is 11.6 Å². The van der Waals surface area contributed by atoms with Crippen molar-refractivity contribution in [2.45, 2.75) is 27.4 Å². The highest BCUT2D eigenvalue weighted by molar-refractivity contribution is 5.64. The minimum absolute atomic E-state index is 0.152. The Morgan fingerprint density at radius 3 is 2.84 bits per heavy atom. The van der Waals surface area contributed by atoms with Crippen LogP contribution in [0.15, 0.2) is 29.1 Å². The summed E-state index contributed by atoms with van der Waals surface area (Å²) in [5.41, 5.74) is 3.86. The summed E-state index contributed by atoms with van der Waals surface area (Å²) in [5, 5.41) is 0. The molecular formula is C15H18N2O2. The number of nitrogens with one attached hydrogen (secondary N) is 1. The second-order valence-corrected chi connectivity index (χ2v) is 4.46. The van der Waals surface area contributed by atoms with Crippen molar-refractivity contribution in [3.05, 3.63) is 51.6 Å². The van der Waals surface area contributed by atoms with Crippen LogP contribution in [0.4, 0.5) is 0 Å². The third-order valence-electron chi connectivity index (χ3n) is 3.11. The average Bonchev–Trinajstić information content (AvgIpc) is 2.39. The molecule has 2 aromatic rings. The molecule has 1 aromatic carbocycles. The van der Waals surface area contributed by atoms with Crippen LogP contribution in [-0.4, -0.2) is 16.6 Å². The minimum atomic E-state index is -0.152. The number of aromatic amines is 1. The molecule has 100 valence electrons. The molecule has 0 aliphatic heterocycles. The maximum atomic E-state index is 11.7. The Hall–Kier alpha value is -1.94. The van der Waals surface area contributed by atoms with E-state index in [-0.39, 0.29) is 5.56 Å². The van der Waals surface area contributed by atoms with Crippen LogP contribution in [0.2, 0.25) is 0 Å². The Labute approximate surface area is 112 Å². The number of H-pyrrole nitrogens is 1. The quantitative estimate of drug-likeness (QED) is 0.917. The molecule has 0 saturated heterocycles. The number of hydrogen-bond donors (Lipinski definition) is 1. The summed E-state index contributed by atoms with van der Waals surface area (Å²) < 4.78 is 5.29. The molecular weight excluding hydrogens is 240 g/mol. The zero-order chi connectivity index (χ0) is 13.8. The summed E-state index contributed by atoms with van der Waals surface area (Å²) in [7, 11) is 0. The van der Waals surface area contributed by atoms with Crippen LogP contribution in [0, 0.1) is 13.8 Å². The van der Waals surface area contributed by atoms with Gasteiger partial charge in [-0.15, -0.1) is 0 Å². The second kappa shape index (κ2) is 5.80. The number of aromatic nitrogens is 2. The van der Waals surface area contributed by atoms with Crippen molar-refractivity contribution in [3.63, 3.8) is 0 Å². The Kier molecular flexibility index (Phi) is 4.12. The molecule has 19 heavy (non-hydrogen) atoms. The van der Waals surface area contributed by atoms with Gasteiger partial charge in [-0.1, -0.05) is 18.2 Å². The Balaban J connectivity index is 2.47. The molecule has 0 amide bonds. The predicted octanol–water partition coefficient (Wildman–Crippen LogP) is 2.59. The Morgan fingerprint density at radius 1 is 1.32 bits per heavy atom. The fourth-order valence-electron chi connectivity index (χ4n) is 1.94. The van der Waals surface area contributed by atoms with Gasteiger partial charge < -0.3 is 9.72 Å². The van der Waals surface area contributed by atoms with Gasteiger partial charge in [0, 0.05) is 18.2 Å². The molecule has 0 aliphatic rings. The molecule has 2 rings (SSSR count). The van der Waals surface area contributed by atoms with Crippen LogP contribution in [0.5, 0.6) is 0 Å². The standard InChI is InChI=1S/C15H18N2O2/c1-4-19-9-14-16-13(8-15(18)17-14)12-7-5-6-10(2)11(12)3/h5-8H,4,9H2,1-3H3,(H,16,17,18). The maximum absolute atomic E-state index is 11.7. The highest BCUT2D eigenvalue weighted by Gasteiger charge is 2.08. The largest absolute Gasteiger partial charge is 0.374 e. The zero-order valence-electron chi connectivity index (χ0n) is 11.5. The van der Waals surface area contributed by atoms with Gasteiger partial charge in [-0.3, -0.25) is 4.79 Å². The topological polar surface area (TPSA) is 55.0 Å². The van der Waals surface area contributed by atoms with Crippen LogP contribution in [0.25, 0.3) is 11.3 Å².